The third-order valence-corrected chi connectivity index (χ3v) is 4.45. The van der Waals surface area contributed by atoms with Crippen molar-refractivity contribution in [1.82, 2.24) is 5.32 Å². The zero-order chi connectivity index (χ0) is 13.2. The van der Waals surface area contributed by atoms with Crippen molar-refractivity contribution in [1.29, 1.82) is 0 Å². The molecule has 0 aliphatic heterocycles. The molecule has 0 saturated heterocycles. The zero-order valence-electron chi connectivity index (χ0n) is 13.0. The molecule has 0 atom stereocenters. The maximum atomic E-state index is 3.67. The van der Waals surface area contributed by atoms with E-state index in [1.54, 1.807) is 0 Å². The third kappa shape index (κ3) is 8.13. The van der Waals surface area contributed by atoms with E-state index in [1.807, 2.05) is 0 Å². The Balaban J connectivity index is 1.81. The molecule has 0 amide bonds. The molecule has 0 radical (unpaired) electrons. The molecule has 1 aliphatic carbocycles. The van der Waals surface area contributed by atoms with E-state index < -0.39 is 0 Å². The summed E-state index contributed by atoms with van der Waals surface area (Å²) in [6.07, 6.45) is 12.9. The van der Waals surface area contributed by atoms with Crippen LogP contribution in [0, 0.1) is 17.8 Å². The number of nitrogens with one attached hydrogen (secondary N) is 1. The van der Waals surface area contributed by atoms with E-state index >= 15 is 0 Å². The van der Waals surface area contributed by atoms with Crippen molar-refractivity contribution >= 4 is 0 Å². The van der Waals surface area contributed by atoms with Gasteiger partial charge >= 0.3 is 0 Å². The Morgan fingerprint density at radius 3 is 2.28 bits per heavy atom. The monoisotopic (exact) mass is 253 g/mol. The van der Waals surface area contributed by atoms with Crippen LogP contribution in [0.25, 0.3) is 0 Å². The van der Waals surface area contributed by atoms with Gasteiger partial charge in [-0.2, -0.15) is 0 Å². The van der Waals surface area contributed by atoms with Crippen LogP contribution in [0.15, 0.2) is 0 Å². The first-order valence-corrected chi connectivity index (χ1v) is 8.39. The number of rotatable bonds is 9. The van der Waals surface area contributed by atoms with E-state index in [4.69, 9.17) is 0 Å². The van der Waals surface area contributed by atoms with Crippen molar-refractivity contribution in [3.05, 3.63) is 0 Å². The maximum absolute atomic E-state index is 3.67. The Labute approximate surface area is 115 Å². The summed E-state index contributed by atoms with van der Waals surface area (Å²) in [6, 6.07) is 0. The molecule has 1 aliphatic rings. The summed E-state index contributed by atoms with van der Waals surface area (Å²) >= 11 is 0. The van der Waals surface area contributed by atoms with Crippen LogP contribution in [0.3, 0.4) is 0 Å². The Kier molecular flexibility index (Phi) is 8.75. The second-order valence-electron chi connectivity index (χ2n) is 6.93. The molecule has 1 nitrogen and oxygen atoms in total. The largest absolute Gasteiger partial charge is 0.316 e. The topological polar surface area (TPSA) is 12.0 Å². The van der Waals surface area contributed by atoms with Gasteiger partial charge in [0, 0.05) is 0 Å². The molecule has 1 heteroatoms. The standard InChI is InChI=1S/C17H35N/c1-15(2)8-6-4-5-7-13-18-14-17-11-9-16(3)10-12-17/h15-18H,4-14H2,1-3H3. The zero-order valence-corrected chi connectivity index (χ0v) is 13.0. The van der Waals surface area contributed by atoms with Crippen LogP contribution in [-0.2, 0) is 0 Å². The SMILES string of the molecule is CC(C)CCCCCCNCC1CCC(C)CC1. The van der Waals surface area contributed by atoms with E-state index in [1.165, 1.54) is 70.9 Å². The lowest BCUT2D eigenvalue weighted by atomic mass is 9.83. The summed E-state index contributed by atoms with van der Waals surface area (Å²) in [4.78, 5) is 0. The molecular formula is C17H35N. The lowest BCUT2D eigenvalue weighted by Crippen LogP contribution is -2.26. The van der Waals surface area contributed by atoms with Crippen LogP contribution in [0.2, 0.25) is 0 Å². The van der Waals surface area contributed by atoms with Crippen LogP contribution < -0.4 is 5.32 Å². The fourth-order valence-electron chi connectivity index (χ4n) is 3.00. The van der Waals surface area contributed by atoms with Gasteiger partial charge in [-0.1, -0.05) is 59.3 Å². The molecule has 18 heavy (non-hydrogen) atoms. The summed E-state index contributed by atoms with van der Waals surface area (Å²) in [5.41, 5.74) is 0. The fraction of sp³-hybridized carbons (Fsp3) is 1.00. The van der Waals surface area contributed by atoms with E-state index in [2.05, 4.69) is 26.1 Å². The number of hydrogen-bond donors (Lipinski definition) is 1. The molecule has 1 fully saturated rings. The average Bonchev–Trinajstić information content (AvgIpc) is 2.34. The highest BCUT2D eigenvalue weighted by Crippen LogP contribution is 2.27. The highest BCUT2D eigenvalue weighted by molar-refractivity contribution is 4.71. The van der Waals surface area contributed by atoms with Crippen LogP contribution in [-0.4, -0.2) is 13.1 Å². The molecular weight excluding hydrogens is 218 g/mol. The minimum absolute atomic E-state index is 0.886. The molecule has 0 aromatic heterocycles. The Morgan fingerprint density at radius 2 is 1.61 bits per heavy atom. The summed E-state index contributed by atoms with van der Waals surface area (Å²) in [7, 11) is 0. The van der Waals surface area contributed by atoms with Gasteiger partial charge in [-0.15, -0.1) is 0 Å². The minimum Gasteiger partial charge on any atom is -0.316 e. The Morgan fingerprint density at radius 1 is 0.944 bits per heavy atom. The summed E-state index contributed by atoms with van der Waals surface area (Å²) in [5, 5.41) is 3.67. The molecule has 0 aromatic rings. The molecule has 0 spiro atoms. The third-order valence-electron chi connectivity index (χ3n) is 4.45. The Hall–Kier alpha value is -0.0400. The van der Waals surface area contributed by atoms with Crippen molar-refractivity contribution in [2.24, 2.45) is 17.8 Å². The van der Waals surface area contributed by atoms with Gasteiger partial charge < -0.3 is 5.32 Å². The molecule has 0 heterocycles. The van der Waals surface area contributed by atoms with Gasteiger partial charge in [0.15, 0.2) is 0 Å². The highest BCUT2D eigenvalue weighted by Gasteiger charge is 2.17. The van der Waals surface area contributed by atoms with Gasteiger partial charge in [0.05, 0.1) is 0 Å². The first-order valence-electron chi connectivity index (χ1n) is 8.39. The van der Waals surface area contributed by atoms with Crippen LogP contribution >= 0.6 is 0 Å². The minimum atomic E-state index is 0.886. The van der Waals surface area contributed by atoms with E-state index in [-0.39, 0.29) is 0 Å². The molecule has 0 aromatic carbocycles. The summed E-state index contributed by atoms with van der Waals surface area (Å²) in [5.74, 6) is 2.85. The van der Waals surface area contributed by atoms with Gasteiger partial charge in [0.1, 0.15) is 0 Å². The predicted molar refractivity (Wildman–Crippen MR) is 81.9 cm³/mol. The molecule has 1 N–H and O–H groups in total. The van der Waals surface area contributed by atoms with Crippen molar-refractivity contribution in [3.63, 3.8) is 0 Å². The normalized spacial score (nSPS) is 24.7. The van der Waals surface area contributed by atoms with Gasteiger partial charge in [-0.3, -0.25) is 0 Å². The lowest BCUT2D eigenvalue weighted by molar-refractivity contribution is 0.281. The first-order chi connectivity index (χ1) is 8.68. The maximum Gasteiger partial charge on any atom is -0.00205 e. The Bertz CT molecular complexity index is 180. The van der Waals surface area contributed by atoms with Gasteiger partial charge in [-0.05, 0) is 50.1 Å². The smallest absolute Gasteiger partial charge is 0.00205 e. The van der Waals surface area contributed by atoms with Crippen LogP contribution in [0.4, 0.5) is 0 Å². The first kappa shape index (κ1) is 16.0. The number of hydrogen-bond acceptors (Lipinski definition) is 1. The van der Waals surface area contributed by atoms with Crippen molar-refractivity contribution in [3.8, 4) is 0 Å². The van der Waals surface area contributed by atoms with E-state index in [9.17, 15) is 0 Å². The van der Waals surface area contributed by atoms with Gasteiger partial charge in [0.2, 0.25) is 0 Å². The second kappa shape index (κ2) is 9.83. The fourth-order valence-corrected chi connectivity index (χ4v) is 3.00. The molecule has 1 saturated carbocycles. The predicted octanol–water partition coefficient (Wildman–Crippen LogP) is 5.01. The van der Waals surface area contributed by atoms with E-state index in [0.29, 0.717) is 0 Å². The molecule has 0 bridgehead atoms. The molecule has 1 rings (SSSR count). The van der Waals surface area contributed by atoms with Crippen LogP contribution in [0.5, 0.6) is 0 Å². The van der Waals surface area contributed by atoms with Crippen molar-refractivity contribution in [2.75, 3.05) is 13.1 Å². The quantitative estimate of drug-likeness (QED) is 0.570. The number of unbranched alkanes of at least 4 members (excludes halogenated alkanes) is 3. The molecule has 108 valence electrons. The summed E-state index contributed by atoms with van der Waals surface area (Å²) in [6.45, 7) is 9.58. The highest BCUT2D eigenvalue weighted by atomic mass is 14.9. The van der Waals surface area contributed by atoms with Gasteiger partial charge in [-0.25, -0.2) is 0 Å². The second-order valence-corrected chi connectivity index (χ2v) is 6.93. The van der Waals surface area contributed by atoms with Crippen LogP contribution in [0.1, 0.15) is 78.6 Å². The average molecular weight is 253 g/mol. The molecule has 0 unspecified atom stereocenters. The lowest BCUT2D eigenvalue weighted by Gasteiger charge is -2.26. The van der Waals surface area contributed by atoms with Gasteiger partial charge in [0.25, 0.3) is 0 Å². The summed E-state index contributed by atoms with van der Waals surface area (Å²) < 4.78 is 0. The van der Waals surface area contributed by atoms with Crippen molar-refractivity contribution < 1.29 is 0 Å². The van der Waals surface area contributed by atoms with Crippen molar-refractivity contribution in [2.45, 2.75) is 78.6 Å². The van der Waals surface area contributed by atoms with E-state index in [0.717, 1.165) is 17.8 Å².